The Bertz CT molecular complexity index is 892. The molecule has 2 aliphatic rings. The minimum Gasteiger partial charge on any atom is -0.326 e. The van der Waals surface area contributed by atoms with E-state index in [1.54, 1.807) is 11.8 Å². The summed E-state index contributed by atoms with van der Waals surface area (Å²) in [4.78, 5) is 27.3. The van der Waals surface area contributed by atoms with Crippen LogP contribution in [0.1, 0.15) is 55.5 Å². The van der Waals surface area contributed by atoms with Crippen LogP contribution in [-0.4, -0.2) is 17.6 Å². The van der Waals surface area contributed by atoms with Gasteiger partial charge < -0.3 is 5.32 Å². The third-order valence-corrected chi connectivity index (χ3v) is 7.13. The number of para-hydroxylation sites is 1. The normalized spacial score (nSPS) is 20.1. The van der Waals surface area contributed by atoms with Gasteiger partial charge in [0.1, 0.15) is 5.37 Å². The molecule has 0 bridgehead atoms. The van der Waals surface area contributed by atoms with Gasteiger partial charge >= 0.3 is 0 Å². The Kier molecular flexibility index (Phi) is 6.24. The molecule has 1 heterocycles. The largest absolute Gasteiger partial charge is 0.326 e. The van der Waals surface area contributed by atoms with Gasteiger partial charge in [0, 0.05) is 17.3 Å². The van der Waals surface area contributed by atoms with E-state index >= 15 is 0 Å². The molecule has 1 aliphatic heterocycles. The van der Waals surface area contributed by atoms with Gasteiger partial charge in [-0.3, -0.25) is 14.5 Å². The maximum atomic E-state index is 12.7. The molecule has 0 unspecified atom stereocenters. The molecular formula is C24H28N2O2S. The zero-order valence-corrected chi connectivity index (χ0v) is 17.7. The van der Waals surface area contributed by atoms with Crippen LogP contribution in [0, 0.1) is 5.92 Å². The zero-order valence-electron chi connectivity index (χ0n) is 16.9. The van der Waals surface area contributed by atoms with Crippen LogP contribution in [0.3, 0.4) is 0 Å². The Balaban J connectivity index is 1.56. The van der Waals surface area contributed by atoms with Crippen LogP contribution in [0.25, 0.3) is 0 Å². The fraction of sp³-hybridized carbons (Fsp3) is 0.417. The molecule has 0 radical (unpaired) electrons. The van der Waals surface area contributed by atoms with Crippen LogP contribution in [0.5, 0.6) is 0 Å². The smallest absolute Gasteiger partial charge is 0.238 e. The van der Waals surface area contributed by atoms with Crippen LogP contribution in [0.2, 0.25) is 0 Å². The number of nitrogens with one attached hydrogen (secondary N) is 1. The molecule has 5 heteroatoms. The van der Waals surface area contributed by atoms with E-state index < -0.39 is 0 Å². The number of carbonyl (C=O) groups is 2. The molecule has 4 rings (SSSR count). The summed E-state index contributed by atoms with van der Waals surface area (Å²) in [5.74, 6) is 0.868. The molecule has 152 valence electrons. The molecule has 2 aromatic carbocycles. The topological polar surface area (TPSA) is 49.4 Å². The number of hydrogen-bond acceptors (Lipinski definition) is 3. The lowest BCUT2D eigenvalue weighted by Gasteiger charge is -2.27. The summed E-state index contributed by atoms with van der Waals surface area (Å²) in [5, 5.41) is 3.04. The lowest BCUT2D eigenvalue weighted by atomic mass is 9.88. The summed E-state index contributed by atoms with van der Waals surface area (Å²) in [6, 6.07) is 16.1. The third kappa shape index (κ3) is 4.35. The molecule has 1 aliphatic carbocycles. The first-order valence-corrected chi connectivity index (χ1v) is 11.6. The van der Waals surface area contributed by atoms with Crippen molar-refractivity contribution in [2.75, 3.05) is 16.0 Å². The Morgan fingerprint density at radius 2 is 1.90 bits per heavy atom. The fourth-order valence-corrected chi connectivity index (χ4v) is 5.51. The Labute approximate surface area is 177 Å². The van der Waals surface area contributed by atoms with E-state index in [0.29, 0.717) is 5.75 Å². The molecule has 1 N–H and O–H groups in total. The highest BCUT2D eigenvalue weighted by molar-refractivity contribution is 8.00. The number of aryl methyl sites for hydroxylation is 1. The van der Waals surface area contributed by atoms with E-state index in [-0.39, 0.29) is 23.1 Å². The molecule has 2 amide bonds. The molecule has 1 saturated heterocycles. The van der Waals surface area contributed by atoms with Crippen molar-refractivity contribution in [3.8, 4) is 0 Å². The van der Waals surface area contributed by atoms with Crippen molar-refractivity contribution < 1.29 is 9.59 Å². The highest BCUT2D eigenvalue weighted by Crippen LogP contribution is 2.43. The van der Waals surface area contributed by atoms with E-state index in [2.05, 4.69) is 18.3 Å². The number of amides is 2. The average Bonchev–Trinajstić information content (AvgIpc) is 3.15. The summed E-state index contributed by atoms with van der Waals surface area (Å²) in [5.41, 5.74) is 4.04. The molecule has 1 atom stereocenters. The molecule has 0 spiro atoms. The maximum absolute atomic E-state index is 12.7. The Morgan fingerprint density at radius 1 is 1.10 bits per heavy atom. The molecule has 0 aromatic heterocycles. The number of nitrogens with zero attached hydrogens (tertiary/aromatic N) is 1. The van der Waals surface area contributed by atoms with E-state index in [4.69, 9.17) is 0 Å². The van der Waals surface area contributed by atoms with Gasteiger partial charge in [-0.2, -0.15) is 0 Å². The molecule has 1 saturated carbocycles. The summed E-state index contributed by atoms with van der Waals surface area (Å²) in [6.45, 7) is 2.11. The Hall–Kier alpha value is -2.27. The number of carbonyl (C=O) groups excluding carboxylic acids is 2. The van der Waals surface area contributed by atoms with Gasteiger partial charge in [0.15, 0.2) is 0 Å². The lowest BCUT2D eigenvalue weighted by Crippen LogP contribution is -2.29. The van der Waals surface area contributed by atoms with E-state index in [0.717, 1.165) is 49.0 Å². The zero-order chi connectivity index (χ0) is 20.2. The predicted octanol–water partition coefficient (Wildman–Crippen LogP) is 5.55. The standard InChI is InChI=1S/C24H28N2O2S/c1-2-17-9-6-7-14-21(17)26-22(27)16-29-24(26)19-12-8-13-20(15-19)25-23(28)18-10-4-3-5-11-18/h6-9,12-15,18,24H,2-5,10-11,16H2,1H3,(H,25,28)/t24-/m1/s1. The Morgan fingerprint density at radius 3 is 2.69 bits per heavy atom. The van der Waals surface area contributed by atoms with Gasteiger partial charge in [-0.25, -0.2) is 0 Å². The van der Waals surface area contributed by atoms with Crippen molar-refractivity contribution >= 4 is 35.0 Å². The lowest BCUT2D eigenvalue weighted by molar-refractivity contribution is -0.120. The highest BCUT2D eigenvalue weighted by atomic mass is 32.2. The molecule has 4 nitrogen and oxygen atoms in total. The van der Waals surface area contributed by atoms with Gasteiger partial charge in [0.05, 0.1) is 5.75 Å². The van der Waals surface area contributed by atoms with E-state index in [9.17, 15) is 9.59 Å². The fourth-order valence-electron chi connectivity index (χ4n) is 4.35. The second-order valence-electron chi connectivity index (χ2n) is 7.86. The number of rotatable bonds is 5. The summed E-state index contributed by atoms with van der Waals surface area (Å²) in [7, 11) is 0. The summed E-state index contributed by atoms with van der Waals surface area (Å²) in [6.07, 6.45) is 6.38. The summed E-state index contributed by atoms with van der Waals surface area (Å²) < 4.78 is 0. The maximum Gasteiger partial charge on any atom is 0.238 e. The first-order chi connectivity index (χ1) is 14.2. The second kappa shape index (κ2) is 9.04. The minimum absolute atomic E-state index is 0.0678. The SMILES string of the molecule is CCc1ccccc1N1C(=O)CS[C@@H]1c1cccc(NC(=O)C2CCCCC2)c1. The van der Waals surface area contributed by atoms with Crippen LogP contribution < -0.4 is 10.2 Å². The number of anilines is 2. The number of benzene rings is 2. The van der Waals surface area contributed by atoms with Crippen LogP contribution in [0.4, 0.5) is 11.4 Å². The number of thioether (sulfide) groups is 1. The average molecular weight is 409 g/mol. The van der Waals surface area contributed by atoms with Gasteiger partial charge in [-0.1, -0.05) is 56.5 Å². The first kappa shape index (κ1) is 20.0. The molecule has 2 fully saturated rings. The van der Waals surface area contributed by atoms with Gasteiger partial charge in [0.2, 0.25) is 11.8 Å². The minimum atomic E-state index is -0.0678. The van der Waals surface area contributed by atoms with Crippen molar-refractivity contribution in [1.29, 1.82) is 0 Å². The van der Waals surface area contributed by atoms with E-state index in [1.807, 2.05) is 47.4 Å². The van der Waals surface area contributed by atoms with E-state index in [1.165, 1.54) is 12.0 Å². The van der Waals surface area contributed by atoms with Gasteiger partial charge in [0.25, 0.3) is 0 Å². The van der Waals surface area contributed by atoms with Gasteiger partial charge in [-0.05, 0) is 48.6 Å². The number of hydrogen-bond donors (Lipinski definition) is 1. The van der Waals surface area contributed by atoms with Crippen molar-refractivity contribution in [2.45, 2.75) is 50.8 Å². The molecule has 29 heavy (non-hydrogen) atoms. The van der Waals surface area contributed by atoms with Crippen LogP contribution >= 0.6 is 11.8 Å². The first-order valence-electron chi connectivity index (χ1n) is 10.6. The second-order valence-corrected chi connectivity index (χ2v) is 8.93. The third-order valence-electron chi connectivity index (χ3n) is 5.92. The molecule has 2 aromatic rings. The van der Waals surface area contributed by atoms with Crippen molar-refractivity contribution in [3.63, 3.8) is 0 Å². The highest BCUT2D eigenvalue weighted by Gasteiger charge is 2.35. The van der Waals surface area contributed by atoms with Crippen molar-refractivity contribution in [2.24, 2.45) is 5.92 Å². The molecular weight excluding hydrogens is 380 g/mol. The van der Waals surface area contributed by atoms with Crippen LogP contribution in [0.15, 0.2) is 48.5 Å². The van der Waals surface area contributed by atoms with Gasteiger partial charge in [-0.15, -0.1) is 11.8 Å². The quantitative estimate of drug-likeness (QED) is 0.706. The van der Waals surface area contributed by atoms with Crippen molar-refractivity contribution in [1.82, 2.24) is 0 Å². The monoisotopic (exact) mass is 408 g/mol. The predicted molar refractivity (Wildman–Crippen MR) is 120 cm³/mol. The summed E-state index contributed by atoms with van der Waals surface area (Å²) >= 11 is 1.65. The van der Waals surface area contributed by atoms with Crippen LogP contribution in [-0.2, 0) is 16.0 Å². The van der Waals surface area contributed by atoms with Crippen molar-refractivity contribution in [3.05, 3.63) is 59.7 Å².